The fourth-order valence-electron chi connectivity index (χ4n) is 17.3. The number of carbonyl (C=O) groups excluding carboxylic acids is 7. The van der Waals surface area contributed by atoms with Gasteiger partial charge in [0.2, 0.25) is 11.8 Å². The minimum Gasteiger partial charge on any atom is -0.463 e. The number of rotatable bonds is 20. The largest absolute Gasteiger partial charge is 0.463 e. The summed E-state index contributed by atoms with van der Waals surface area (Å²) in [5, 5.41) is 16.7. The first-order valence-corrected chi connectivity index (χ1v) is 51.8. The zero-order chi connectivity index (χ0) is 98.7. The minimum absolute atomic E-state index is 0.126. The number of hydrogen-bond donors (Lipinski definition) is 1. The Morgan fingerprint density at radius 3 is 0.957 bits per heavy atom. The molecule has 5 saturated heterocycles. The highest BCUT2D eigenvalue weighted by Crippen LogP contribution is 2.50. The number of thiazole rings is 5. The maximum Gasteiger partial charge on any atom is 0.338 e. The molecule has 28 nitrogen and oxygen atoms in total. The molecule has 2 amide bonds. The number of nitrogens with zero attached hydrogens (tertiary/aromatic N) is 15. The summed E-state index contributed by atoms with van der Waals surface area (Å²) < 4.78 is 95.7. The standard InChI is InChI=1S/C20H17BrFN3O3S.C20H17ClFN3O3S.C20H19ClFN3O2S.C19H18BrFN4O2S.C18H15ClFN3O2S/c2*1-2-28-20(27)16-14-4-3-5-15(26)25(14)18(19-23-8-9-29-19)24-17(16)12-7-6-11(22)10-13(12)21;1-2-27-20(26)16-15-5-3-4-9-25(15)18(19-23-8-10-28-19)24-17(16)13-7-6-12(22)11-14(13)21;1-2-27-19(26)15-14-10-22-5-7-25(14)17(18-23-6-8-28-18)24-16(15)12-4-3-11(21)9-13(12)20;1-2-25-18(24)14-13-5-7-23(13)16(17-21-6-8-26-17)22-15(14)11-4-3-10(20)9-12(11)19/h2*6-10,17H,2-5H2,1H3;6-8,10-11,17H,2-5,9H2,1H3;3-4,6,8-9,16,22H,2,5,7,10H2,1H3;3-4,6,8-9,15H,2,5,7H2,1H3. The molecule has 5 unspecified atom stereocenters. The third kappa shape index (κ3) is 21.7. The summed E-state index contributed by atoms with van der Waals surface area (Å²) in [6.07, 6.45) is 14.9. The lowest BCUT2D eigenvalue weighted by Crippen LogP contribution is -2.48. The van der Waals surface area contributed by atoms with E-state index < -0.39 is 83.3 Å². The van der Waals surface area contributed by atoms with Gasteiger partial charge in [-0.1, -0.05) is 97.0 Å². The molecular weight excluding hydrogens is 2100 g/mol. The van der Waals surface area contributed by atoms with Crippen LogP contribution in [-0.2, 0) is 57.2 Å². The molecule has 1 N–H and O–H groups in total. The van der Waals surface area contributed by atoms with Crippen LogP contribution in [-0.4, -0.2) is 186 Å². The van der Waals surface area contributed by atoms with E-state index in [1.165, 1.54) is 133 Å². The van der Waals surface area contributed by atoms with Gasteiger partial charge in [-0.25, -0.2) is 70.8 Å². The van der Waals surface area contributed by atoms with Gasteiger partial charge in [-0.2, -0.15) is 0 Å². The number of carbonyl (C=O) groups is 7. The van der Waals surface area contributed by atoms with Gasteiger partial charge in [-0.3, -0.25) is 44.4 Å². The van der Waals surface area contributed by atoms with Gasteiger partial charge in [-0.05, 0) is 151 Å². The van der Waals surface area contributed by atoms with Gasteiger partial charge >= 0.3 is 29.8 Å². The number of amidine groups is 5. The number of nitrogens with one attached hydrogen (secondary N) is 1. The molecule has 20 rings (SSSR count). The molecule has 10 aliphatic heterocycles. The van der Waals surface area contributed by atoms with Crippen molar-refractivity contribution in [2.45, 2.75) is 129 Å². The van der Waals surface area contributed by atoms with Gasteiger partial charge in [0.15, 0.2) is 54.2 Å². The summed E-state index contributed by atoms with van der Waals surface area (Å²) in [6.45, 7) is 13.4. The molecule has 0 radical (unpaired) electrons. The smallest absolute Gasteiger partial charge is 0.338 e. The number of hydrogen-bond acceptors (Lipinski definition) is 31. The van der Waals surface area contributed by atoms with Gasteiger partial charge < -0.3 is 43.7 Å². The number of fused-ring (bicyclic) bond motifs is 5. The monoisotopic (exact) mass is 2180 g/mol. The van der Waals surface area contributed by atoms with Crippen LogP contribution in [0, 0.1) is 29.1 Å². The second-order valence-corrected chi connectivity index (χ2v) is 39.1. The average molecular weight is 2190 g/mol. The normalized spacial score (nSPS) is 19.2. The number of piperidine rings is 3. The van der Waals surface area contributed by atoms with Gasteiger partial charge in [0, 0.05) is 179 Å². The molecule has 15 heterocycles. The van der Waals surface area contributed by atoms with Gasteiger partial charge in [0.05, 0.1) is 60.9 Å². The van der Waals surface area contributed by atoms with Crippen molar-refractivity contribution in [2.75, 3.05) is 65.8 Å². The number of ether oxygens (including phenoxy) is 5. The van der Waals surface area contributed by atoms with Crippen LogP contribution in [0.2, 0.25) is 15.1 Å². The number of piperazine rings is 1. The van der Waals surface area contributed by atoms with E-state index in [9.17, 15) is 55.5 Å². The van der Waals surface area contributed by atoms with Crippen LogP contribution >= 0.6 is 123 Å². The Bertz CT molecular complexity index is 6450. The zero-order valence-corrected chi connectivity index (χ0v) is 84.9. The average Bonchev–Trinajstić information content (AvgIpc) is 0.904. The molecule has 10 aliphatic rings. The SMILES string of the molecule is CCOC(=O)C1=C2CCCC(=O)N2C(c2nccs2)=NC1c1ccc(F)cc1Br.CCOC(=O)C1=C2CCCC(=O)N2C(c2nccs2)=NC1c1ccc(F)cc1Cl.CCOC(=O)C1=C2CCCCN2C(c2nccs2)=NC1c1ccc(F)cc1Cl.CCOC(=O)C1=C2CCN2C(c2nccs2)=NC1c1ccc(F)cc1Cl.CCOC(=O)C1=C2CNCCN2C(c2nccs2)=NC1c1ccc(F)cc1Br. The quantitative estimate of drug-likeness (QED) is 0.0421. The molecule has 0 spiro atoms. The molecule has 5 aromatic heterocycles. The Hall–Kier alpha value is -11.6. The van der Waals surface area contributed by atoms with Gasteiger partial charge in [0.25, 0.3) is 0 Å². The van der Waals surface area contributed by atoms with Crippen molar-refractivity contribution in [3.8, 4) is 0 Å². The first-order valence-electron chi connectivity index (χ1n) is 44.6. The van der Waals surface area contributed by atoms with Crippen molar-refractivity contribution in [3.63, 3.8) is 0 Å². The number of amides is 2. The molecule has 10 aromatic rings. The summed E-state index contributed by atoms with van der Waals surface area (Å²) in [6, 6.07) is 17.4. The molecule has 5 aromatic carbocycles. The van der Waals surface area contributed by atoms with E-state index in [-0.39, 0.29) is 71.3 Å². The number of aromatic nitrogens is 5. The van der Waals surface area contributed by atoms with E-state index in [0.717, 1.165) is 89.1 Å². The van der Waals surface area contributed by atoms with Crippen molar-refractivity contribution in [1.29, 1.82) is 0 Å². The third-order valence-corrected chi connectivity index (χ3v) is 29.5. The number of allylic oxidation sites excluding steroid dienone is 3. The maximum absolute atomic E-state index is 13.7. The Labute approximate surface area is 852 Å². The third-order valence-electron chi connectivity index (χ3n) is 23.3. The Morgan fingerprint density at radius 2 is 0.643 bits per heavy atom. The second kappa shape index (κ2) is 46.0. The van der Waals surface area contributed by atoms with Crippen LogP contribution in [0.15, 0.2) is 239 Å². The summed E-state index contributed by atoms with van der Waals surface area (Å²) >= 11 is 32.9. The topological polar surface area (TPSA) is 320 Å². The van der Waals surface area contributed by atoms with E-state index >= 15 is 0 Å². The van der Waals surface area contributed by atoms with Crippen LogP contribution in [0.4, 0.5) is 22.0 Å². The zero-order valence-electron chi connectivity index (χ0n) is 75.4. The molecule has 5 atom stereocenters. The first kappa shape index (κ1) is 101. The molecule has 726 valence electrons. The highest BCUT2D eigenvalue weighted by Gasteiger charge is 2.48. The lowest BCUT2D eigenvalue weighted by atomic mass is 9.90. The lowest BCUT2D eigenvalue weighted by Gasteiger charge is -2.42. The molecule has 0 saturated carbocycles. The number of halogens is 10. The molecular formula is C97H86Br2Cl3F5N16O12S5. The summed E-state index contributed by atoms with van der Waals surface area (Å²) in [7, 11) is 0. The van der Waals surface area contributed by atoms with Gasteiger partial charge in [0.1, 0.15) is 59.3 Å². The molecule has 43 heteroatoms. The number of aliphatic imine (C=N–C) groups is 5. The van der Waals surface area contributed by atoms with Crippen LogP contribution in [0.1, 0.15) is 182 Å². The lowest BCUT2D eigenvalue weighted by molar-refractivity contribution is -0.140. The summed E-state index contributed by atoms with van der Waals surface area (Å²) in [5.74, 6) is -1.76. The highest BCUT2D eigenvalue weighted by atomic mass is 79.9. The van der Waals surface area contributed by atoms with Crippen molar-refractivity contribution >= 4 is 194 Å². The van der Waals surface area contributed by atoms with E-state index in [2.05, 4.69) is 67.0 Å². The van der Waals surface area contributed by atoms with Crippen LogP contribution < -0.4 is 5.32 Å². The fourth-order valence-corrected chi connectivity index (χ4v) is 22.4. The van der Waals surface area contributed by atoms with E-state index in [1.54, 1.807) is 101 Å². The Balaban J connectivity index is 0.000000126. The predicted octanol–water partition coefficient (Wildman–Crippen LogP) is 20.6. The van der Waals surface area contributed by atoms with Crippen LogP contribution in [0.5, 0.6) is 0 Å². The van der Waals surface area contributed by atoms with Crippen molar-refractivity contribution < 1.29 is 79.2 Å². The Morgan fingerprint density at radius 1 is 0.357 bits per heavy atom. The van der Waals surface area contributed by atoms with Crippen molar-refractivity contribution in [2.24, 2.45) is 25.0 Å². The minimum atomic E-state index is -0.821. The van der Waals surface area contributed by atoms with E-state index in [4.69, 9.17) is 83.4 Å². The Kier molecular flexibility index (Phi) is 33.3. The maximum atomic E-state index is 13.7. The van der Waals surface area contributed by atoms with E-state index in [0.29, 0.717) is 150 Å². The number of benzene rings is 5. The van der Waals surface area contributed by atoms with Crippen molar-refractivity contribution in [1.82, 2.24) is 54.7 Å². The number of esters is 5. The second-order valence-electron chi connectivity index (χ2n) is 31.7. The highest BCUT2D eigenvalue weighted by molar-refractivity contribution is 9.10. The van der Waals surface area contributed by atoms with Crippen LogP contribution in [0.3, 0.4) is 0 Å². The predicted molar refractivity (Wildman–Crippen MR) is 531 cm³/mol. The summed E-state index contributed by atoms with van der Waals surface area (Å²) in [5.41, 5.74) is 8.66. The van der Waals surface area contributed by atoms with E-state index in [1.807, 2.05) is 25.9 Å². The molecule has 140 heavy (non-hydrogen) atoms. The molecule has 5 fully saturated rings. The molecule has 0 aliphatic carbocycles. The first-order chi connectivity index (χ1) is 67.8. The van der Waals surface area contributed by atoms with Crippen molar-refractivity contribution in [3.05, 3.63) is 311 Å². The fraction of sp³-hybridized carbons (Fsp3) is 0.309. The molecule has 0 bridgehead atoms. The van der Waals surface area contributed by atoms with Crippen LogP contribution in [0.25, 0.3) is 0 Å². The summed E-state index contributed by atoms with van der Waals surface area (Å²) in [4.78, 5) is 145. The van der Waals surface area contributed by atoms with Gasteiger partial charge in [-0.15, -0.1) is 56.7 Å².